The standard InChI is InChI=1S/C4H10N4OSi/c1-10(2,3)8-6-4(9)5-7-8/h1-3H3,(H,6,9). The van der Waals surface area contributed by atoms with Gasteiger partial charge in [-0.25, -0.2) is 14.4 Å². The Kier molecular flexibility index (Phi) is 1.47. The van der Waals surface area contributed by atoms with E-state index in [0.717, 1.165) is 0 Å². The molecule has 0 radical (unpaired) electrons. The largest absolute Gasteiger partial charge is 0.380 e. The van der Waals surface area contributed by atoms with Crippen molar-refractivity contribution in [1.82, 2.24) is 19.9 Å². The van der Waals surface area contributed by atoms with Crippen molar-refractivity contribution in [2.45, 2.75) is 19.6 Å². The van der Waals surface area contributed by atoms with Gasteiger partial charge in [0.2, 0.25) is 8.24 Å². The van der Waals surface area contributed by atoms with Gasteiger partial charge in [0.1, 0.15) is 0 Å². The molecule has 5 nitrogen and oxygen atoms in total. The zero-order valence-electron chi connectivity index (χ0n) is 6.25. The van der Waals surface area contributed by atoms with Crippen molar-refractivity contribution < 1.29 is 0 Å². The Labute approximate surface area is 59.1 Å². The molecule has 1 aromatic rings. The highest BCUT2D eigenvalue weighted by atomic mass is 28.3. The minimum absolute atomic E-state index is 0.373. The summed E-state index contributed by atoms with van der Waals surface area (Å²) in [7, 11) is -1.52. The summed E-state index contributed by atoms with van der Waals surface area (Å²) >= 11 is 0. The zero-order valence-corrected chi connectivity index (χ0v) is 7.25. The number of tetrazole rings is 1. The topological polar surface area (TPSA) is 63.6 Å². The summed E-state index contributed by atoms with van der Waals surface area (Å²) in [5.41, 5.74) is -0.373. The molecular formula is C4H10N4OSi. The van der Waals surface area contributed by atoms with Crippen LogP contribution in [0.15, 0.2) is 4.79 Å². The minimum atomic E-state index is -1.52. The summed E-state index contributed by atoms with van der Waals surface area (Å²) < 4.78 is 1.56. The third-order valence-electron chi connectivity index (χ3n) is 1.06. The number of rotatable bonds is 1. The summed E-state index contributed by atoms with van der Waals surface area (Å²) in [6.07, 6.45) is 0. The lowest BCUT2D eigenvalue weighted by Gasteiger charge is -2.12. The van der Waals surface area contributed by atoms with E-state index in [9.17, 15) is 4.79 Å². The van der Waals surface area contributed by atoms with Crippen LogP contribution in [0.4, 0.5) is 0 Å². The Morgan fingerprint density at radius 3 is 2.30 bits per heavy atom. The van der Waals surface area contributed by atoms with E-state index in [1.165, 1.54) is 0 Å². The van der Waals surface area contributed by atoms with E-state index < -0.39 is 8.24 Å². The van der Waals surface area contributed by atoms with Crippen molar-refractivity contribution in [3.05, 3.63) is 10.5 Å². The van der Waals surface area contributed by atoms with Gasteiger partial charge in [-0.1, -0.05) is 10.3 Å². The Balaban J connectivity index is 3.07. The molecule has 0 aromatic carbocycles. The molecular weight excluding hydrogens is 148 g/mol. The maximum absolute atomic E-state index is 10.5. The smallest absolute Gasteiger partial charge is 0.243 e. The second-order valence-electron chi connectivity index (χ2n) is 3.09. The van der Waals surface area contributed by atoms with Gasteiger partial charge < -0.3 is 0 Å². The molecule has 0 aliphatic heterocycles. The number of nitrogens with one attached hydrogen (secondary N) is 1. The van der Waals surface area contributed by atoms with Gasteiger partial charge in [-0.05, 0) is 19.6 Å². The summed E-state index contributed by atoms with van der Waals surface area (Å²) in [5.74, 6) is 0. The highest BCUT2D eigenvalue weighted by Gasteiger charge is 2.18. The van der Waals surface area contributed by atoms with Gasteiger partial charge in [-0.2, -0.15) is 0 Å². The van der Waals surface area contributed by atoms with E-state index in [4.69, 9.17) is 0 Å². The van der Waals surface area contributed by atoms with Crippen LogP contribution in [0.5, 0.6) is 0 Å². The lowest BCUT2D eigenvalue weighted by molar-refractivity contribution is 0.762. The van der Waals surface area contributed by atoms with Crippen LogP contribution < -0.4 is 5.69 Å². The fourth-order valence-electron chi connectivity index (χ4n) is 0.523. The molecule has 0 bridgehead atoms. The zero-order chi connectivity index (χ0) is 7.78. The van der Waals surface area contributed by atoms with Gasteiger partial charge in [-0.15, -0.1) is 0 Å². The highest BCUT2D eigenvalue weighted by Crippen LogP contribution is 1.97. The molecule has 0 amide bonds. The van der Waals surface area contributed by atoms with Crippen molar-refractivity contribution in [2.24, 2.45) is 0 Å². The molecule has 0 unspecified atom stereocenters. The average Bonchev–Trinajstić information content (AvgIpc) is 2.11. The van der Waals surface area contributed by atoms with Crippen LogP contribution in [0.3, 0.4) is 0 Å². The fourth-order valence-corrected chi connectivity index (χ4v) is 1.27. The number of aromatic amines is 1. The van der Waals surface area contributed by atoms with Crippen molar-refractivity contribution in [2.75, 3.05) is 0 Å². The van der Waals surface area contributed by atoms with Crippen LogP contribution in [0.1, 0.15) is 0 Å². The van der Waals surface area contributed by atoms with Gasteiger partial charge >= 0.3 is 5.69 Å². The van der Waals surface area contributed by atoms with E-state index in [2.05, 4.69) is 35.1 Å². The van der Waals surface area contributed by atoms with E-state index in [0.29, 0.717) is 0 Å². The van der Waals surface area contributed by atoms with E-state index in [1.54, 1.807) is 4.46 Å². The lowest BCUT2D eigenvalue weighted by Crippen LogP contribution is -2.35. The molecule has 0 saturated heterocycles. The van der Waals surface area contributed by atoms with Crippen LogP contribution in [0.25, 0.3) is 0 Å². The number of hydrogen-bond acceptors (Lipinski definition) is 3. The predicted octanol–water partition coefficient (Wildman–Crippen LogP) is -0.351. The first kappa shape index (κ1) is 7.20. The minimum Gasteiger partial charge on any atom is -0.243 e. The molecule has 10 heavy (non-hydrogen) atoms. The van der Waals surface area contributed by atoms with Crippen LogP contribution in [0.2, 0.25) is 19.6 Å². The summed E-state index contributed by atoms with van der Waals surface area (Å²) in [6, 6.07) is 0. The maximum atomic E-state index is 10.5. The number of aromatic nitrogens is 4. The van der Waals surface area contributed by atoms with Crippen LogP contribution >= 0.6 is 0 Å². The fraction of sp³-hybridized carbons (Fsp3) is 0.750. The molecule has 1 heterocycles. The third kappa shape index (κ3) is 1.32. The average molecular weight is 158 g/mol. The monoisotopic (exact) mass is 158 g/mol. The Hall–Kier alpha value is -0.913. The van der Waals surface area contributed by atoms with Crippen LogP contribution in [0, 0.1) is 0 Å². The molecule has 0 aliphatic carbocycles. The molecule has 1 N–H and O–H groups in total. The molecule has 0 saturated carbocycles. The molecule has 56 valence electrons. The van der Waals surface area contributed by atoms with Gasteiger partial charge in [-0.3, -0.25) is 0 Å². The maximum Gasteiger partial charge on any atom is 0.380 e. The van der Waals surface area contributed by atoms with Crippen molar-refractivity contribution in [3.63, 3.8) is 0 Å². The van der Waals surface area contributed by atoms with Gasteiger partial charge in [0, 0.05) is 0 Å². The lowest BCUT2D eigenvalue weighted by atomic mass is 11.4. The summed E-state index contributed by atoms with van der Waals surface area (Å²) in [4.78, 5) is 10.5. The Morgan fingerprint density at radius 1 is 1.50 bits per heavy atom. The Morgan fingerprint density at radius 2 is 2.10 bits per heavy atom. The molecule has 0 fully saturated rings. The van der Waals surface area contributed by atoms with Crippen LogP contribution in [-0.2, 0) is 0 Å². The highest BCUT2D eigenvalue weighted by molar-refractivity contribution is 6.73. The van der Waals surface area contributed by atoms with Crippen LogP contribution in [-0.4, -0.2) is 28.1 Å². The normalized spacial score (nSPS) is 11.9. The van der Waals surface area contributed by atoms with E-state index in [1.807, 2.05) is 0 Å². The van der Waals surface area contributed by atoms with E-state index in [-0.39, 0.29) is 5.69 Å². The molecule has 1 aromatic heterocycles. The third-order valence-corrected chi connectivity index (χ3v) is 2.53. The first-order valence-corrected chi connectivity index (χ1v) is 6.47. The van der Waals surface area contributed by atoms with Gasteiger partial charge in [0.15, 0.2) is 0 Å². The summed E-state index contributed by atoms with van der Waals surface area (Å²) in [6.45, 7) is 6.20. The number of H-pyrrole nitrogens is 1. The quantitative estimate of drug-likeness (QED) is 0.568. The molecule has 1 rings (SSSR count). The van der Waals surface area contributed by atoms with Gasteiger partial charge in [0.05, 0.1) is 0 Å². The SMILES string of the molecule is C[Si](C)(C)n1nnc(=O)[nH]1. The molecule has 0 spiro atoms. The number of hydrogen-bond donors (Lipinski definition) is 1. The van der Waals surface area contributed by atoms with Crippen molar-refractivity contribution in [1.29, 1.82) is 0 Å². The second kappa shape index (κ2) is 2.05. The van der Waals surface area contributed by atoms with E-state index >= 15 is 0 Å². The number of nitrogens with zero attached hydrogens (tertiary/aromatic N) is 3. The first-order chi connectivity index (χ1) is 4.50. The van der Waals surface area contributed by atoms with Crippen molar-refractivity contribution >= 4 is 8.24 Å². The molecule has 0 atom stereocenters. The molecule has 6 heteroatoms. The Bertz CT molecular complexity index is 269. The van der Waals surface area contributed by atoms with Gasteiger partial charge in [0.25, 0.3) is 0 Å². The van der Waals surface area contributed by atoms with Crippen molar-refractivity contribution in [3.8, 4) is 0 Å². The first-order valence-electron chi connectivity index (χ1n) is 3.02. The second-order valence-corrected chi connectivity index (χ2v) is 7.85. The molecule has 0 aliphatic rings. The summed E-state index contributed by atoms with van der Waals surface area (Å²) in [5, 5.41) is 9.48. The predicted molar refractivity (Wildman–Crippen MR) is 39.4 cm³/mol.